The van der Waals surface area contributed by atoms with Crippen LogP contribution >= 0.6 is 0 Å². The van der Waals surface area contributed by atoms with Crippen molar-refractivity contribution < 1.29 is 4.39 Å². The van der Waals surface area contributed by atoms with Crippen LogP contribution in [0.3, 0.4) is 0 Å². The summed E-state index contributed by atoms with van der Waals surface area (Å²) in [6.07, 6.45) is 3.87. The zero-order chi connectivity index (χ0) is 13.6. The average Bonchev–Trinajstić information content (AvgIpc) is 2.26. The predicted molar refractivity (Wildman–Crippen MR) is 76.2 cm³/mol. The lowest BCUT2D eigenvalue weighted by molar-refractivity contribution is 0.431. The van der Waals surface area contributed by atoms with E-state index < -0.39 is 0 Å². The average molecular weight is 249 g/mol. The van der Waals surface area contributed by atoms with Gasteiger partial charge in [-0.2, -0.15) is 0 Å². The van der Waals surface area contributed by atoms with E-state index in [9.17, 15) is 4.39 Å². The molecule has 100 valence electrons. The lowest BCUT2D eigenvalue weighted by Crippen LogP contribution is -2.36. The lowest BCUT2D eigenvalue weighted by Gasteiger charge is -2.19. The van der Waals surface area contributed by atoms with Crippen molar-refractivity contribution in [1.82, 2.24) is 5.32 Å². The summed E-state index contributed by atoms with van der Waals surface area (Å²) in [4.78, 5) is 0. The van der Waals surface area contributed by atoms with Crippen molar-refractivity contribution in [3.63, 3.8) is 0 Å². The van der Waals surface area contributed by atoms with Crippen molar-refractivity contribution in [3.8, 4) is 0 Å². The van der Waals surface area contributed by atoms with Crippen LogP contribution in [0.2, 0.25) is 0 Å². The standard InChI is InChI=1S/C16H24FN/c1-13(8-7-11-18-16(2,3)4)12-14-9-5-6-10-15(14)17/h5-6,8-10,18H,7,11-12H2,1-4H3. The number of halogens is 1. The lowest BCUT2D eigenvalue weighted by atomic mass is 10.0. The number of rotatable bonds is 5. The molecule has 0 saturated carbocycles. The van der Waals surface area contributed by atoms with Crippen LogP contribution in [0.15, 0.2) is 35.9 Å². The quantitative estimate of drug-likeness (QED) is 0.612. The van der Waals surface area contributed by atoms with Crippen molar-refractivity contribution in [2.24, 2.45) is 0 Å². The normalized spacial score (nSPS) is 12.8. The second-order valence-corrected chi connectivity index (χ2v) is 5.78. The number of allylic oxidation sites excluding steroid dienone is 1. The van der Waals surface area contributed by atoms with Gasteiger partial charge < -0.3 is 5.32 Å². The minimum Gasteiger partial charge on any atom is -0.312 e. The Bertz CT molecular complexity index is 402. The molecule has 0 radical (unpaired) electrons. The first kappa shape index (κ1) is 14.9. The van der Waals surface area contributed by atoms with E-state index in [1.54, 1.807) is 6.07 Å². The fourth-order valence-electron chi connectivity index (χ4n) is 1.78. The Morgan fingerprint density at radius 3 is 2.56 bits per heavy atom. The maximum Gasteiger partial charge on any atom is 0.126 e. The van der Waals surface area contributed by atoms with E-state index in [0.29, 0.717) is 6.42 Å². The summed E-state index contributed by atoms with van der Waals surface area (Å²) in [6, 6.07) is 6.97. The van der Waals surface area contributed by atoms with Gasteiger partial charge in [0.25, 0.3) is 0 Å². The molecular formula is C16H24FN. The van der Waals surface area contributed by atoms with Crippen LogP contribution in [0.1, 0.15) is 39.7 Å². The fourth-order valence-corrected chi connectivity index (χ4v) is 1.78. The first-order chi connectivity index (χ1) is 8.38. The number of hydrogen-bond acceptors (Lipinski definition) is 1. The molecule has 1 aromatic rings. The van der Waals surface area contributed by atoms with Gasteiger partial charge in [0.15, 0.2) is 0 Å². The summed E-state index contributed by atoms with van der Waals surface area (Å²) in [6.45, 7) is 9.48. The zero-order valence-corrected chi connectivity index (χ0v) is 11.9. The summed E-state index contributed by atoms with van der Waals surface area (Å²) in [7, 11) is 0. The third-order valence-electron chi connectivity index (χ3n) is 2.72. The van der Waals surface area contributed by atoms with Crippen LogP contribution in [0, 0.1) is 5.82 Å². The second-order valence-electron chi connectivity index (χ2n) is 5.78. The molecule has 0 bridgehead atoms. The van der Waals surface area contributed by atoms with Crippen molar-refractivity contribution in [2.75, 3.05) is 6.54 Å². The number of nitrogens with one attached hydrogen (secondary N) is 1. The topological polar surface area (TPSA) is 12.0 Å². The molecule has 0 atom stereocenters. The first-order valence-electron chi connectivity index (χ1n) is 6.52. The van der Waals surface area contributed by atoms with E-state index in [-0.39, 0.29) is 11.4 Å². The van der Waals surface area contributed by atoms with E-state index in [1.807, 2.05) is 12.1 Å². The van der Waals surface area contributed by atoms with Gasteiger partial charge in [-0.05, 0) is 58.7 Å². The van der Waals surface area contributed by atoms with Gasteiger partial charge >= 0.3 is 0 Å². The minimum absolute atomic E-state index is 0.113. The summed E-state index contributed by atoms with van der Waals surface area (Å²) >= 11 is 0. The van der Waals surface area contributed by atoms with Gasteiger partial charge in [0.2, 0.25) is 0 Å². The Labute approximate surface area is 110 Å². The number of hydrogen-bond donors (Lipinski definition) is 1. The molecule has 0 spiro atoms. The van der Waals surface area contributed by atoms with Gasteiger partial charge in [-0.25, -0.2) is 4.39 Å². The van der Waals surface area contributed by atoms with Crippen molar-refractivity contribution >= 4 is 0 Å². The van der Waals surface area contributed by atoms with Crippen molar-refractivity contribution in [2.45, 2.75) is 46.1 Å². The molecule has 0 aromatic heterocycles. The third-order valence-corrected chi connectivity index (χ3v) is 2.72. The van der Waals surface area contributed by atoms with Gasteiger partial charge in [0, 0.05) is 5.54 Å². The highest BCUT2D eigenvalue weighted by Gasteiger charge is 2.06. The minimum atomic E-state index is -0.113. The van der Waals surface area contributed by atoms with Gasteiger partial charge in [0.1, 0.15) is 5.82 Å². The molecular weight excluding hydrogens is 225 g/mol. The van der Waals surface area contributed by atoms with Crippen LogP contribution < -0.4 is 5.32 Å². The molecule has 0 saturated heterocycles. The molecule has 0 aliphatic heterocycles. The highest BCUT2D eigenvalue weighted by molar-refractivity contribution is 5.22. The van der Waals surface area contributed by atoms with E-state index in [4.69, 9.17) is 0 Å². The molecule has 0 amide bonds. The van der Waals surface area contributed by atoms with E-state index >= 15 is 0 Å². The van der Waals surface area contributed by atoms with Crippen LogP contribution in [0.25, 0.3) is 0 Å². The maximum absolute atomic E-state index is 13.5. The summed E-state index contributed by atoms with van der Waals surface area (Å²) in [5.41, 5.74) is 2.15. The summed E-state index contributed by atoms with van der Waals surface area (Å²) in [5.74, 6) is -0.113. The Kier molecular flexibility index (Phi) is 5.54. The molecule has 0 fully saturated rings. The highest BCUT2D eigenvalue weighted by atomic mass is 19.1. The summed E-state index contributed by atoms with van der Waals surface area (Å²) in [5, 5.41) is 3.43. The molecule has 2 heteroatoms. The summed E-state index contributed by atoms with van der Waals surface area (Å²) < 4.78 is 13.5. The third kappa shape index (κ3) is 5.97. The van der Waals surface area contributed by atoms with Gasteiger partial charge in [-0.15, -0.1) is 0 Å². The smallest absolute Gasteiger partial charge is 0.126 e. The van der Waals surface area contributed by atoms with Crippen LogP contribution in [-0.2, 0) is 6.42 Å². The van der Waals surface area contributed by atoms with Crippen LogP contribution in [0.4, 0.5) is 4.39 Å². The first-order valence-corrected chi connectivity index (χ1v) is 6.52. The van der Waals surface area contributed by atoms with E-state index in [0.717, 1.165) is 18.5 Å². The predicted octanol–water partition coefficient (Wildman–Crippen LogP) is 4.09. The van der Waals surface area contributed by atoms with Gasteiger partial charge in [-0.1, -0.05) is 29.8 Å². The van der Waals surface area contributed by atoms with E-state index in [2.05, 4.69) is 39.1 Å². The number of benzene rings is 1. The molecule has 0 aliphatic rings. The molecule has 1 aromatic carbocycles. The van der Waals surface area contributed by atoms with Crippen molar-refractivity contribution in [1.29, 1.82) is 0 Å². The molecule has 1 N–H and O–H groups in total. The molecule has 0 unspecified atom stereocenters. The monoisotopic (exact) mass is 249 g/mol. The molecule has 0 heterocycles. The van der Waals surface area contributed by atoms with Crippen LogP contribution in [-0.4, -0.2) is 12.1 Å². The molecule has 18 heavy (non-hydrogen) atoms. The zero-order valence-electron chi connectivity index (χ0n) is 11.9. The Balaban J connectivity index is 2.41. The molecule has 1 nitrogen and oxygen atoms in total. The Morgan fingerprint density at radius 2 is 1.94 bits per heavy atom. The van der Waals surface area contributed by atoms with E-state index in [1.165, 1.54) is 11.6 Å². The maximum atomic E-state index is 13.5. The van der Waals surface area contributed by atoms with Gasteiger partial charge in [-0.3, -0.25) is 0 Å². The second kappa shape index (κ2) is 6.69. The highest BCUT2D eigenvalue weighted by Crippen LogP contribution is 2.12. The Hall–Kier alpha value is -1.15. The molecule has 0 aliphatic carbocycles. The van der Waals surface area contributed by atoms with Gasteiger partial charge in [0.05, 0.1) is 0 Å². The fraction of sp³-hybridized carbons (Fsp3) is 0.500. The van der Waals surface area contributed by atoms with Crippen molar-refractivity contribution in [3.05, 3.63) is 47.3 Å². The Morgan fingerprint density at radius 1 is 1.28 bits per heavy atom. The van der Waals surface area contributed by atoms with Crippen LogP contribution in [0.5, 0.6) is 0 Å². The molecule has 1 rings (SSSR count). The largest absolute Gasteiger partial charge is 0.312 e. The SMILES string of the molecule is CC(=CCCNC(C)(C)C)Cc1ccccc1F.